The minimum Gasteiger partial charge on any atom is -0.456 e. The van der Waals surface area contributed by atoms with Crippen LogP contribution in [0.5, 0.6) is 0 Å². The van der Waals surface area contributed by atoms with Gasteiger partial charge < -0.3 is 38.5 Å². The van der Waals surface area contributed by atoms with Gasteiger partial charge in [0.15, 0.2) is 30.1 Å². The first-order valence-corrected chi connectivity index (χ1v) is 11.6. The summed E-state index contributed by atoms with van der Waals surface area (Å²) in [6, 6.07) is 9.39. The quantitative estimate of drug-likeness (QED) is 0.444. The van der Waals surface area contributed by atoms with Gasteiger partial charge >= 0.3 is 12.1 Å². The lowest BCUT2D eigenvalue weighted by molar-refractivity contribution is -0.235. The summed E-state index contributed by atoms with van der Waals surface area (Å²) in [5.41, 5.74) is 0.897. The van der Waals surface area contributed by atoms with Crippen molar-refractivity contribution in [3.05, 3.63) is 35.9 Å². The van der Waals surface area contributed by atoms with Crippen molar-refractivity contribution in [3.63, 3.8) is 0 Å². The van der Waals surface area contributed by atoms with Crippen LogP contribution in [0.2, 0.25) is 0 Å². The second kappa shape index (κ2) is 10.2. The van der Waals surface area contributed by atoms with Gasteiger partial charge in [-0.3, -0.25) is 4.79 Å². The lowest BCUT2D eigenvalue weighted by Gasteiger charge is -2.28. The van der Waals surface area contributed by atoms with Crippen LogP contribution in [0.25, 0.3) is 0 Å². The Morgan fingerprint density at radius 1 is 1.03 bits per heavy atom. The van der Waals surface area contributed by atoms with Crippen LogP contribution in [-0.2, 0) is 44.6 Å². The summed E-state index contributed by atoms with van der Waals surface area (Å²) in [5, 5.41) is 2.64. The summed E-state index contributed by atoms with van der Waals surface area (Å²) in [6.45, 7) is 7.97. The Bertz CT molecular complexity index is 859. The third-order valence-corrected chi connectivity index (χ3v) is 5.73. The van der Waals surface area contributed by atoms with Crippen LogP contribution < -0.4 is 5.32 Å². The zero-order valence-corrected chi connectivity index (χ0v) is 20.0. The molecule has 0 aliphatic carbocycles. The van der Waals surface area contributed by atoms with E-state index in [0.29, 0.717) is 13.0 Å². The highest BCUT2D eigenvalue weighted by atomic mass is 16.8. The van der Waals surface area contributed by atoms with Crippen molar-refractivity contribution in [2.45, 2.75) is 89.4 Å². The van der Waals surface area contributed by atoms with Crippen LogP contribution in [0.4, 0.5) is 4.79 Å². The highest BCUT2D eigenvalue weighted by molar-refractivity contribution is 5.70. The van der Waals surface area contributed by atoms with Crippen molar-refractivity contribution < 1.29 is 42.7 Å². The maximum atomic E-state index is 12.6. The van der Waals surface area contributed by atoms with Gasteiger partial charge in [0.2, 0.25) is 0 Å². The molecule has 3 saturated heterocycles. The zero-order valence-electron chi connectivity index (χ0n) is 20.0. The van der Waals surface area contributed by atoms with Gasteiger partial charge in [0.25, 0.3) is 0 Å². The Kier molecular flexibility index (Phi) is 7.44. The number of amides is 1. The molecular formula is C24H33NO9. The van der Waals surface area contributed by atoms with Gasteiger partial charge in [-0.05, 0) is 39.7 Å². The molecule has 1 aromatic carbocycles. The molecule has 1 N–H and O–H groups in total. The van der Waals surface area contributed by atoms with E-state index >= 15 is 0 Å². The van der Waals surface area contributed by atoms with Gasteiger partial charge in [-0.2, -0.15) is 0 Å². The molecule has 5 atom stereocenters. The van der Waals surface area contributed by atoms with Gasteiger partial charge in [-0.25, -0.2) is 4.79 Å². The van der Waals surface area contributed by atoms with Crippen LogP contribution in [-0.4, -0.2) is 67.5 Å². The number of rotatable bonds is 8. The highest BCUT2D eigenvalue weighted by Gasteiger charge is 2.59. The molecule has 1 amide bonds. The molecule has 3 fully saturated rings. The Hall–Kier alpha value is -2.24. The average molecular weight is 480 g/mol. The van der Waals surface area contributed by atoms with Crippen LogP contribution in [0.3, 0.4) is 0 Å². The Morgan fingerprint density at radius 2 is 1.79 bits per heavy atom. The molecular weight excluding hydrogens is 446 g/mol. The van der Waals surface area contributed by atoms with Crippen LogP contribution in [0, 0.1) is 0 Å². The molecule has 3 aliphatic heterocycles. The predicted molar refractivity (Wildman–Crippen MR) is 117 cm³/mol. The van der Waals surface area contributed by atoms with Crippen LogP contribution in [0.15, 0.2) is 30.3 Å². The van der Waals surface area contributed by atoms with E-state index in [1.54, 1.807) is 13.8 Å². The summed E-state index contributed by atoms with van der Waals surface area (Å²) >= 11 is 0. The van der Waals surface area contributed by atoms with E-state index in [0.717, 1.165) is 5.56 Å². The Labute approximate surface area is 199 Å². The van der Waals surface area contributed by atoms with Gasteiger partial charge in [-0.15, -0.1) is 0 Å². The number of fused-ring (bicyclic) bond motifs is 1. The molecule has 34 heavy (non-hydrogen) atoms. The first kappa shape index (κ1) is 24.9. The number of hydrogen-bond acceptors (Lipinski definition) is 9. The van der Waals surface area contributed by atoms with Crippen molar-refractivity contribution in [1.82, 2.24) is 5.32 Å². The van der Waals surface area contributed by atoms with E-state index in [2.05, 4.69) is 5.32 Å². The van der Waals surface area contributed by atoms with E-state index < -0.39 is 54.3 Å². The number of nitrogens with one attached hydrogen (secondary N) is 1. The summed E-state index contributed by atoms with van der Waals surface area (Å²) in [4.78, 5) is 24.4. The van der Waals surface area contributed by atoms with E-state index in [-0.39, 0.29) is 19.6 Å². The van der Waals surface area contributed by atoms with Gasteiger partial charge in [-0.1, -0.05) is 30.3 Å². The monoisotopic (exact) mass is 479 g/mol. The molecule has 0 unspecified atom stereocenters. The van der Waals surface area contributed by atoms with Crippen molar-refractivity contribution in [2.24, 2.45) is 0 Å². The number of esters is 1. The lowest BCUT2D eigenvalue weighted by atomic mass is 10.1. The molecule has 3 aliphatic rings. The molecule has 0 aromatic heterocycles. The number of hydrogen-bond donors (Lipinski definition) is 1. The molecule has 10 nitrogen and oxygen atoms in total. The van der Waals surface area contributed by atoms with Gasteiger partial charge in [0.1, 0.15) is 18.8 Å². The fraction of sp³-hybridized carbons (Fsp3) is 0.667. The molecule has 3 heterocycles. The molecule has 0 bridgehead atoms. The first-order valence-electron chi connectivity index (χ1n) is 11.6. The average Bonchev–Trinajstić information content (AvgIpc) is 3.40. The number of ether oxygens (including phenoxy) is 7. The lowest BCUT2D eigenvalue weighted by Crippen LogP contribution is -2.45. The normalized spacial score (nSPS) is 31.1. The SMILES string of the molecule is CC1(C)O[C@@H]2O[C@@H]([C@H]3COC(C)(C)O3)[C@@H](OC(=O)CCCNC(=O)OCc3ccccc3)[C@H]2O1. The molecule has 188 valence electrons. The maximum absolute atomic E-state index is 12.6. The summed E-state index contributed by atoms with van der Waals surface area (Å²) in [6.07, 6.45) is -2.97. The predicted octanol–water partition coefficient (Wildman–Crippen LogP) is 2.63. The van der Waals surface area contributed by atoms with E-state index in [1.165, 1.54) is 0 Å². The summed E-state index contributed by atoms with van der Waals surface area (Å²) in [7, 11) is 0. The number of alkyl carbamates (subject to hydrolysis) is 1. The fourth-order valence-corrected chi connectivity index (χ4v) is 4.22. The molecule has 10 heteroatoms. The maximum Gasteiger partial charge on any atom is 0.407 e. The van der Waals surface area contributed by atoms with Crippen molar-refractivity contribution >= 4 is 12.1 Å². The fourth-order valence-electron chi connectivity index (χ4n) is 4.22. The van der Waals surface area contributed by atoms with Gasteiger partial charge in [0, 0.05) is 13.0 Å². The Balaban J connectivity index is 1.23. The molecule has 0 saturated carbocycles. The van der Waals surface area contributed by atoms with Crippen molar-refractivity contribution in [3.8, 4) is 0 Å². The second-order valence-electron chi connectivity index (χ2n) is 9.48. The third kappa shape index (κ3) is 6.25. The number of carbonyl (C=O) groups excluding carboxylic acids is 2. The second-order valence-corrected chi connectivity index (χ2v) is 9.48. The molecule has 4 rings (SSSR count). The van der Waals surface area contributed by atoms with Crippen LogP contribution >= 0.6 is 0 Å². The summed E-state index contributed by atoms with van der Waals surface area (Å²) in [5.74, 6) is -2.02. The summed E-state index contributed by atoms with van der Waals surface area (Å²) < 4.78 is 40.3. The van der Waals surface area contributed by atoms with Gasteiger partial charge in [0.05, 0.1) is 6.61 Å². The minimum absolute atomic E-state index is 0.108. The molecule has 0 radical (unpaired) electrons. The van der Waals surface area contributed by atoms with E-state index in [1.807, 2.05) is 44.2 Å². The highest BCUT2D eigenvalue weighted by Crippen LogP contribution is 2.42. The topological polar surface area (TPSA) is 111 Å². The zero-order chi connectivity index (χ0) is 24.3. The number of benzene rings is 1. The smallest absolute Gasteiger partial charge is 0.407 e. The molecule has 0 spiro atoms. The first-order chi connectivity index (χ1) is 16.1. The largest absolute Gasteiger partial charge is 0.456 e. The van der Waals surface area contributed by atoms with Crippen molar-refractivity contribution in [2.75, 3.05) is 13.2 Å². The Morgan fingerprint density at radius 3 is 2.50 bits per heavy atom. The van der Waals surface area contributed by atoms with Crippen LogP contribution in [0.1, 0.15) is 46.1 Å². The van der Waals surface area contributed by atoms with E-state index in [9.17, 15) is 9.59 Å². The number of carbonyl (C=O) groups is 2. The van der Waals surface area contributed by atoms with Crippen molar-refractivity contribution in [1.29, 1.82) is 0 Å². The van der Waals surface area contributed by atoms with E-state index in [4.69, 9.17) is 33.2 Å². The standard InChI is InChI=1S/C24H33NO9/c1-23(2)29-14-16(32-23)18-19(20-21(31-18)34-24(3,4)33-20)30-17(26)11-8-12-25-22(27)28-13-15-9-6-5-7-10-15/h5-7,9-10,16,18-21H,8,11-14H2,1-4H3,(H,25,27)/t16-,18+,19-,20-,21+/m1/s1. The minimum atomic E-state index is -0.846. The molecule has 1 aromatic rings. The third-order valence-electron chi connectivity index (χ3n) is 5.73.